The van der Waals surface area contributed by atoms with Gasteiger partial charge in [0.05, 0.1) is 6.57 Å². The summed E-state index contributed by atoms with van der Waals surface area (Å²) >= 11 is 0. The van der Waals surface area contributed by atoms with Crippen LogP contribution in [0.25, 0.3) is 4.85 Å². The van der Waals surface area contributed by atoms with E-state index in [-0.39, 0.29) is 45.1 Å². The van der Waals surface area contributed by atoms with E-state index in [1.54, 1.807) is 0 Å². The van der Waals surface area contributed by atoms with Crippen molar-refractivity contribution < 1.29 is 9.59 Å². The first kappa shape index (κ1) is 25.9. The van der Waals surface area contributed by atoms with Crippen molar-refractivity contribution in [3.8, 4) is 0 Å². The van der Waals surface area contributed by atoms with E-state index in [1.807, 2.05) is 26.0 Å². The maximum Gasteiger partial charge on any atom is 0.226 e. The number of allylic oxidation sites excluding steroid dienone is 4. The van der Waals surface area contributed by atoms with Gasteiger partial charge in [-0.1, -0.05) is 67.0 Å². The van der Waals surface area contributed by atoms with Crippen LogP contribution in [-0.4, -0.2) is 23.7 Å². The molecular weight excluding hydrogens is 444 g/mol. The van der Waals surface area contributed by atoms with Crippen LogP contribution in [0.4, 0.5) is 0 Å². The van der Waals surface area contributed by atoms with Crippen molar-refractivity contribution in [1.82, 2.24) is 5.32 Å². The van der Waals surface area contributed by atoms with Gasteiger partial charge in [-0.15, -0.1) is 0 Å². The highest BCUT2D eigenvalue weighted by Crippen LogP contribution is 2.73. The van der Waals surface area contributed by atoms with E-state index in [4.69, 9.17) is 6.57 Å². The van der Waals surface area contributed by atoms with Gasteiger partial charge in [0.2, 0.25) is 5.70 Å². The Morgan fingerprint density at radius 3 is 2.31 bits per heavy atom. The van der Waals surface area contributed by atoms with Crippen molar-refractivity contribution in [3.63, 3.8) is 0 Å². The van der Waals surface area contributed by atoms with Gasteiger partial charge in [-0.2, -0.15) is 0 Å². The monoisotopic (exact) mass is 490 g/mol. The maximum absolute atomic E-state index is 14.4. The summed E-state index contributed by atoms with van der Waals surface area (Å²) in [5.41, 5.74) is 0.451. The zero-order valence-electron chi connectivity index (χ0n) is 23.8. The zero-order chi connectivity index (χ0) is 26.5. The molecule has 3 fully saturated rings. The molecule has 4 heteroatoms. The lowest BCUT2D eigenvalue weighted by atomic mass is 9.35. The lowest BCUT2D eigenvalue weighted by Gasteiger charge is -2.69. The second-order valence-electron chi connectivity index (χ2n) is 14.9. The molecule has 2 unspecified atom stereocenters. The molecule has 3 saturated carbocycles. The predicted molar refractivity (Wildman–Crippen MR) is 144 cm³/mol. The summed E-state index contributed by atoms with van der Waals surface area (Å²) in [6, 6.07) is 0. The number of fused-ring (bicyclic) bond motifs is 7. The number of nitrogens with one attached hydrogen (secondary N) is 1. The van der Waals surface area contributed by atoms with E-state index in [9.17, 15) is 9.59 Å². The van der Waals surface area contributed by atoms with Gasteiger partial charge in [-0.3, -0.25) is 4.79 Å². The van der Waals surface area contributed by atoms with Crippen LogP contribution in [0.1, 0.15) is 100 Å². The number of rotatable bonds is 2. The van der Waals surface area contributed by atoms with Gasteiger partial charge in [0, 0.05) is 22.3 Å². The van der Waals surface area contributed by atoms with Gasteiger partial charge in [-0.25, -0.2) is 4.85 Å². The quantitative estimate of drug-likeness (QED) is 0.427. The van der Waals surface area contributed by atoms with Gasteiger partial charge in [0.1, 0.15) is 0 Å². The zero-order valence-corrected chi connectivity index (χ0v) is 23.8. The van der Waals surface area contributed by atoms with Crippen LogP contribution in [0.3, 0.4) is 0 Å². The van der Waals surface area contributed by atoms with Crippen molar-refractivity contribution in [2.24, 2.45) is 44.8 Å². The van der Waals surface area contributed by atoms with Crippen LogP contribution in [0.15, 0.2) is 23.4 Å². The fourth-order valence-electron chi connectivity index (χ4n) is 10.3. The standard InChI is InChI=1S/C32H46N2O2/c1-10-34-32-15-13-27(2,3)18-20(32)25-22(35)17-24-29(6)19-21(33-9)26(36)28(4,5)23(29)11-12-30(24,7)31(25,8)14-16-32/h17,19-20,23,25,34H,10-16,18H2,1-8H3/t20?,23-,25?,29-,30+,31+,32-/m0/s1. The lowest BCUT2D eigenvalue weighted by molar-refractivity contribution is -0.161. The van der Waals surface area contributed by atoms with Crippen molar-refractivity contribution in [2.45, 2.75) is 106 Å². The molecule has 0 aliphatic heterocycles. The van der Waals surface area contributed by atoms with E-state index >= 15 is 0 Å². The molecule has 0 heterocycles. The SMILES string of the molecule is [C-]#[N+]C1=C[C@]2(C)C3=CC(=O)C4C5CC(C)(C)CC[C@]5(NCC)CC[C@@]4(C)[C@]3(C)CC[C@H]2C(C)(C)C1=O. The van der Waals surface area contributed by atoms with Gasteiger partial charge < -0.3 is 10.1 Å². The summed E-state index contributed by atoms with van der Waals surface area (Å²) in [7, 11) is 0. The summed E-state index contributed by atoms with van der Waals surface area (Å²) in [5.74, 6) is 0.720. The average molecular weight is 491 g/mol. The van der Waals surface area contributed by atoms with Crippen LogP contribution < -0.4 is 5.32 Å². The number of carbonyl (C=O) groups excluding carboxylic acids is 2. The molecule has 0 aromatic carbocycles. The van der Waals surface area contributed by atoms with Crippen LogP contribution in [0.5, 0.6) is 0 Å². The third-order valence-corrected chi connectivity index (χ3v) is 12.4. The summed E-state index contributed by atoms with van der Waals surface area (Å²) in [5, 5.41) is 3.92. The smallest absolute Gasteiger partial charge is 0.226 e. The molecule has 0 aromatic heterocycles. The number of Topliss-reactive ketones (excluding diaryl/α,β-unsaturated/α-hetero) is 1. The molecule has 0 spiro atoms. The molecule has 5 aliphatic rings. The van der Waals surface area contributed by atoms with Crippen LogP contribution in [0, 0.1) is 51.4 Å². The fourth-order valence-corrected chi connectivity index (χ4v) is 10.3. The summed E-state index contributed by atoms with van der Waals surface area (Å²) in [6.45, 7) is 26.8. The topological polar surface area (TPSA) is 50.5 Å². The number of nitrogens with zero attached hydrogens (tertiary/aromatic N) is 1. The number of ketones is 2. The van der Waals surface area contributed by atoms with Crippen molar-refractivity contribution in [1.29, 1.82) is 0 Å². The minimum atomic E-state index is -0.605. The molecule has 36 heavy (non-hydrogen) atoms. The normalized spacial score (nSPS) is 46.8. The van der Waals surface area contributed by atoms with Crippen LogP contribution in [-0.2, 0) is 9.59 Å². The third kappa shape index (κ3) is 3.08. The molecule has 196 valence electrons. The van der Waals surface area contributed by atoms with Crippen molar-refractivity contribution >= 4 is 11.6 Å². The molecule has 5 aliphatic carbocycles. The van der Waals surface area contributed by atoms with Crippen molar-refractivity contribution in [2.75, 3.05) is 6.54 Å². The fraction of sp³-hybridized carbons (Fsp3) is 0.781. The molecule has 1 N–H and O–H groups in total. The van der Waals surface area contributed by atoms with Gasteiger partial charge in [-0.05, 0) is 85.6 Å². The Kier molecular flexibility index (Phi) is 5.51. The summed E-state index contributed by atoms with van der Waals surface area (Å²) in [6.07, 6.45) is 11.5. The molecule has 0 aromatic rings. The Labute approximate surface area is 218 Å². The van der Waals surface area contributed by atoms with Crippen LogP contribution in [0.2, 0.25) is 0 Å². The molecule has 0 radical (unpaired) electrons. The second kappa shape index (κ2) is 7.66. The minimum absolute atomic E-state index is 0.0151. The highest BCUT2D eigenvalue weighted by molar-refractivity contribution is 6.03. The lowest BCUT2D eigenvalue weighted by Crippen LogP contribution is -2.69. The van der Waals surface area contributed by atoms with E-state index in [2.05, 4.69) is 51.7 Å². The number of carbonyl (C=O) groups is 2. The molecule has 4 nitrogen and oxygen atoms in total. The first-order chi connectivity index (χ1) is 16.6. The first-order valence-corrected chi connectivity index (χ1v) is 14.3. The number of hydrogen-bond acceptors (Lipinski definition) is 3. The Bertz CT molecular complexity index is 1120. The molecule has 0 saturated heterocycles. The van der Waals surface area contributed by atoms with Gasteiger partial charge in [0.15, 0.2) is 11.6 Å². The molecule has 5 rings (SSSR count). The molecular formula is C32H46N2O2. The van der Waals surface area contributed by atoms with E-state index in [0.29, 0.717) is 11.7 Å². The average Bonchev–Trinajstić information content (AvgIpc) is 2.79. The highest BCUT2D eigenvalue weighted by Gasteiger charge is 2.69. The van der Waals surface area contributed by atoms with Gasteiger partial charge in [0.25, 0.3) is 0 Å². The Hall–Kier alpha value is -1.73. The highest BCUT2D eigenvalue weighted by atomic mass is 16.1. The maximum atomic E-state index is 14.4. The van der Waals surface area contributed by atoms with E-state index in [0.717, 1.165) is 45.1 Å². The summed E-state index contributed by atoms with van der Waals surface area (Å²) in [4.78, 5) is 31.3. The molecule has 7 atom stereocenters. The predicted octanol–water partition coefficient (Wildman–Crippen LogP) is 6.92. The second-order valence-corrected chi connectivity index (χ2v) is 14.9. The Morgan fingerprint density at radius 2 is 1.67 bits per heavy atom. The molecule has 0 bridgehead atoms. The Morgan fingerprint density at radius 1 is 1.00 bits per heavy atom. The van der Waals surface area contributed by atoms with E-state index in [1.165, 1.54) is 12.0 Å². The minimum Gasteiger partial charge on any atom is -0.311 e. The van der Waals surface area contributed by atoms with Crippen LogP contribution >= 0.6 is 0 Å². The third-order valence-electron chi connectivity index (χ3n) is 12.4. The summed E-state index contributed by atoms with van der Waals surface area (Å²) < 4.78 is 0. The Balaban J connectivity index is 1.69. The molecule has 0 amide bonds. The van der Waals surface area contributed by atoms with Gasteiger partial charge >= 0.3 is 0 Å². The number of hydrogen-bond donors (Lipinski definition) is 1. The first-order valence-electron chi connectivity index (χ1n) is 14.3. The van der Waals surface area contributed by atoms with Crippen molar-refractivity contribution in [3.05, 3.63) is 34.8 Å². The largest absolute Gasteiger partial charge is 0.311 e. The van der Waals surface area contributed by atoms with E-state index < -0.39 is 10.8 Å².